The summed E-state index contributed by atoms with van der Waals surface area (Å²) in [6, 6.07) is 2.15. The van der Waals surface area contributed by atoms with E-state index >= 15 is 4.79 Å². The predicted octanol–water partition coefficient (Wildman–Crippen LogP) is -4.13. The Bertz CT molecular complexity index is 3320. The van der Waals surface area contributed by atoms with Gasteiger partial charge < -0.3 is 102 Å². The van der Waals surface area contributed by atoms with Gasteiger partial charge in [-0.15, -0.1) is 11.8 Å². The number of nitrogens with zero attached hydrogens (tertiary/aromatic N) is 6. The number of hydrogen-bond acceptors (Lipinski definition) is 19. The molecule has 5 rings (SSSR count). The van der Waals surface area contributed by atoms with Crippen molar-refractivity contribution < 1.29 is 72.9 Å². The highest BCUT2D eigenvalue weighted by atomic mass is 32.2. The molecule has 0 spiro atoms. The number of benzene rings is 2. The fourth-order valence-electron chi connectivity index (χ4n) is 12.2. The van der Waals surface area contributed by atoms with Crippen LogP contribution in [0.15, 0.2) is 75.6 Å². The van der Waals surface area contributed by atoms with Crippen molar-refractivity contribution in [3.63, 3.8) is 0 Å². The van der Waals surface area contributed by atoms with E-state index in [1.165, 1.54) is 4.90 Å². The van der Waals surface area contributed by atoms with E-state index in [2.05, 4.69) is 52.2 Å². The van der Waals surface area contributed by atoms with E-state index in [1.807, 2.05) is 6.92 Å². The van der Waals surface area contributed by atoms with Crippen LogP contribution in [0, 0.1) is 5.92 Å². The van der Waals surface area contributed by atoms with Gasteiger partial charge in [0.25, 0.3) is 0 Å². The summed E-state index contributed by atoms with van der Waals surface area (Å²) in [7, 11) is 0. The van der Waals surface area contributed by atoms with Gasteiger partial charge in [0.2, 0.25) is 65.0 Å². The summed E-state index contributed by atoms with van der Waals surface area (Å²) in [5, 5.41) is 49.7. The van der Waals surface area contributed by atoms with Crippen LogP contribution < -0.4 is 77.4 Å². The minimum atomic E-state index is -1.83. The monoisotopic (exact) mass is 1470 g/mol. The number of rotatable bonds is 44. The molecule has 3 aliphatic rings. The zero-order valence-corrected chi connectivity index (χ0v) is 60.1. The molecule has 1 unspecified atom stereocenters. The quantitative estimate of drug-likeness (QED) is 0.0130. The number of unbranched alkanes of at least 4 members (excludes halogenated alkanes) is 3. The van der Waals surface area contributed by atoms with Gasteiger partial charge in [-0.05, 0) is 87.7 Å². The Balaban J connectivity index is 1.43. The van der Waals surface area contributed by atoms with E-state index < -0.39 is 155 Å². The molecule has 3 saturated heterocycles. The second-order valence-electron chi connectivity index (χ2n) is 26.4. The summed E-state index contributed by atoms with van der Waals surface area (Å²) >= 11 is 0.878. The molecule has 2 aromatic carbocycles. The first-order valence-electron chi connectivity index (χ1n) is 35.2. The highest BCUT2D eigenvalue weighted by Gasteiger charge is 2.48. The largest absolute Gasteiger partial charge is 0.480 e. The molecule has 0 aromatic heterocycles. The summed E-state index contributed by atoms with van der Waals surface area (Å²) in [4.78, 5) is 185. The first-order chi connectivity index (χ1) is 49.5. The molecule has 0 radical (unpaired) electrons. The van der Waals surface area contributed by atoms with Gasteiger partial charge in [0, 0.05) is 64.3 Å². The lowest BCUT2D eigenvalue weighted by Gasteiger charge is -2.34. The molecule has 2 aromatic rings. The summed E-state index contributed by atoms with van der Waals surface area (Å²) in [6.07, 6.45) is 2.04. The van der Waals surface area contributed by atoms with Crippen LogP contribution in [0.2, 0.25) is 0 Å². The number of carbonyl (C=O) groups excluding carboxylic acids is 11. The van der Waals surface area contributed by atoms with Crippen LogP contribution in [0.3, 0.4) is 0 Å². The van der Waals surface area contributed by atoms with E-state index in [9.17, 15) is 68.1 Å². The Kier molecular flexibility index (Phi) is 35.5. The number of carboxylic acids is 1. The number of imide groups is 1. The van der Waals surface area contributed by atoms with Gasteiger partial charge in [0.1, 0.15) is 54.4 Å². The van der Waals surface area contributed by atoms with Crippen molar-refractivity contribution in [3.8, 4) is 0 Å². The number of guanidine groups is 3. The topological polar surface area (TPSA) is 579 Å². The van der Waals surface area contributed by atoms with E-state index in [1.54, 1.807) is 74.5 Å². The first-order valence-corrected chi connectivity index (χ1v) is 36.3. The van der Waals surface area contributed by atoms with Crippen LogP contribution in [-0.2, 0) is 70.4 Å². The number of aliphatic hydroxyl groups excluding tert-OH is 2. The number of carbonyl (C=O) groups is 12. The number of aliphatic carboxylic acids is 1. The number of thioether (sulfide) groups is 1. The van der Waals surface area contributed by atoms with Crippen molar-refractivity contribution in [1.82, 2.24) is 51.9 Å². The highest BCUT2D eigenvalue weighted by molar-refractivity contribution is 8.00. The van der Waals surface area contributed by atoms with Crippen LogP contribution in [0.1, 0.15) is 128 Å². The third-order valence-electron chi connectivity index (χ3n) is 17.7. The second-order valence-corrected chi connectivity index (χ2v) is 27.6. The molecule has 3 fully saturated rings. The van der Waals surface area contributed by atoms with Crippen LogP contribution in [0.4, 0.5) is 0 Å². The molecule has 3 aliphatic heterocycles. The smallest absolute Gasteiger partial charge is 0.326 e. The Labute approximate surface area is 609 Å². The lowest BCUT2D eigenvalue weighted by molar-refractivity contribution is -0.149. The van der Waals surface area contributed by atoms with Crippen molar-refractivity contribution in [2.45, 2.75) is 202 Å². The standard InChI is InChI=1S/C68H106N20O15S/c1-4-5-6-13-30-87-53(91)36-52(64(87)101)104-38-49(85-61(98)54-51(90)26-32-88(54)63(100)50-25-17-31-86(50)62(99)43(23-15-28-77-67(72)73)79-55(92)42(69)22-14-27-76-66(70)71)60(97)83-47(35-41-20-11-8-12-21-41)58(95)84-48(37-89)59(96)82-46(34-40-18-9-7-10-19-40)57(94)81-45(33-39(2)3)56(93)80-44(65(102)103)24-16-29-78-68(74)75/h7-12,18-21,39,42-52,54,89-90H,4-6,13-17,22-38,69H2,1-3H3,(H,79,92)(H,80,93)(H,81,94)(H,82,96)(H,83,97)(H,84,95)(H,85,98)(H,102,103)(H4,70,71,76)(H4,72,73,77)(H4,74,75,78)/t42-,43+,44+,45+,46-,47+,48+,49+,50+,51+,52?,54+/m1/s1. The lowest BCUT2D eigenvalue weighted by atomic mass is 10.00. The van der Waals surface area contributed by atoms with Gasteiger partial charge in [-0.25, -0.2) is 4.79 Å². The normalized spacial score (nSPS) is 18.7. The minimum absolute atomic E-state index is 0.0175. The number of amides is 11. The Morgan fingerprint density at radius 3 is 1.60 bits per heavy atom. The Morgan fingerprint density at radius 2 is 1.07 bits per heavy atom. The number of likely N-dealkylation sites (tertiary alicyclic amines) is 3. The molecular weight excluding hydrogens is 1370 g/mol. The summed E-state index contributed by atoms with van der Waals surface area (Å²) in [5.41, 5.74) is 40.0. The number of aliphatic imine (C=N–C) groups is 3. The molecule has 12 atom stereocenters. The van der Waals surface area contributed by atoms with Crippen molar-refractivity contribution in [2.24, 2.45) is 61.0 Å². The number of hydrogen-bond donors (Lipinski definition) is 17. The molecule has 3 heterocycles. The van der Waals surface area contributed by atoms with Crippen molar-refractivity contribution in [2.75, 3.05) is 51.6 Å². The third-order valence-corrected chi connectivity index (χ3v) is 19.0. The van der Waals surface area contributed by atoms with Gasteiger partial charge in [-0.2, -0.15) is 0 Å². The highest BCUT2D eigenvalue weighted by Crippen LogP contribution is 2.29. The lowest BCUT2D eigenvalue weighted by Crippen LogP contribution is -2.62. The third kappa shape index (κ3) is 27.5. The molecule has 574 valence electrons. The number of carboxylic acid groups (broad SMARTS) is 1. The maximum absolute atomic E-state index is 15.1. The zero-order chi connectivity index (χ0) is 76.6. The molecule has 104 heavy (non-hydrogen) atoms. The van der Waals surface area contributed by atoms with Crippen LogP contribution in [-0.4, -0.2) is 242 Å². The van der Waals surface area contributed by atoms with Crippen LogP contribution >= 0.6 is 11.8 Å². The van der Waals surface area contributed by atoms with Gasteiger partial charge >= 0.3 is 5.97 Å². The van der Waals surface area contributed by atoms with Crippen LogP contribution in [0.5, 0.6) is 0 Å². The average molecular weight is 1480 g/mol. The first kappa shape index (κ1) is 85.0. The molecule has 11 amide bonds. The van der Waals surface area contributed by atoms with Crippen molar-refractivity contribution >= 4 is 101 Å². The number of nitrogens with two attached hydrogens (primary N) is 7. The van der Waals surface area contributed by atoms with Gasteiger partial charge in [-0.3, -0.25) is 72.6 Å². The summed E-state index contributed by atoms with van der Waals surface area (Å²) < 4.78 is 0. The molecule has 36 heteroatoms. The maximum atomic E-state index is 15.1. The molecule has 24 N–H and O–H groups in total. The van der Waals surface area contributed by atoms with Crippen molar-refractivity contribution in [1.29, 1.82) is 0 Å². The molecule has 0 saturated carbocycles. The number of aliphatic hydroxyl groups is 2. The minimum Gasteiger partial charge on any atom is -0.480 e. The van der Waals surface area contributed by atoms with Gasteiger partial charge in [0.05, 0.1) is 24.0 Å². The predicted molar refractivity (Wildman–Crippen MR) is 388 cm³/mol. The van der Waals surface area contributed by atoms with Gasteiger partial charge in [0.15, 0.2) is 17.9 Å². The summed E-state index contributed by atoms with van der Waals surface area (Å²) in [6.45, 7) is 4.88. The molecule has 0 bridgehead atoms. The van der Waals surface area contributed by atoms with Gasteiger partial charge in [-0.1, -0.05) is 101 Å². The Hall–Kier alpha value is -9.68. The van der Waals surface area contributed by atoms with Crippen LogP contribution in [0.25, 0.3) is 0 Å². The Morgan fingerprint density at radius 1 is 0.577 bits per heavy atom. The van der Waals surface area contributed by atoms with E-state index in [4.69, 9.17) is 40.1 Å². The number of nitrogens with one attached hydrogen (secondary N) is 7. The zero-order valence-electron chi connectivity index (χ0n) is 59.3. The molecule has 35 nitrogen and oxygen atoms in total. The van der Waals surface area contributed by atoms with Crippen molar-refractivity contribution in [3.05, 3.63) is 71.8 Å². The SMILES string of the molecule is CCCCCCN1C(=O)CC(SC[C@H](NC(=O)[C@@H]2[C@@H](O)CCN2C(=O)[C@@H]2CCCN2C(=O)[C@H](CCCN=C(N)N)NC(=O)[C@H](N)CCCN=C(N)N)C(=O)N[C@@H](Cc2ccccc2)C(=O)N[C@@H](CO)C(=O)N[C@H](Cc2ccccc2)C(=O)N[C@@H](CC(C)C)C(=O)N[C@@H](CCCN=C(N)N)C(=O)O)C1=O. The molecular formula is C68H106N20O15S. The molecule has 0 aliphatic carbocycles. The average Bonchev–Trinajstić information content (AvgIpc) is 1.59. The van der Waals surface area contributed by atoms with E-state index in [-0.39, 0.29) is 134 Å². The van der Waals surface area contributed by atoms with E-state index in [0.29, 0.717) is 30.4 Å². The fraction of sp³-hybridized carbons (Fsp3) is 0.603. The van der Waals surface area contributed by atoms with E-state index in [0.717, 1.165) is 40.8 Å². The maximum Gasteiger partial charge on any atom is 0.326 e. The fourth-order valence-corrected chi connectivity index (χ4v) is 13.4. The second kappa shape index (κ2) is 43.4. The summed E-state index contributed by atoms with van der Waals surface area (Å²) in [5.74, 6) is -11.5.